The van der Waals surface area contributed by atoms with Crippen molar-refractivity contribution in [3.63, 3.8) is 0 Å². The maximum atomic E-state index is 4.35. The molecule has 1 saturated heterocycles. The SMILES string of the molecule is Cc1nnc(NC2CCN(C3CC3)CC2)cc1-c1ccccc1. The van der Waals surface area contributed by atoms with Gasteiger partial charge < -0.3 is 10.2 Å². The Labute approximate surface area is 137 Å². The van der Waals surface area contributed by atoms with E-state index in [9.17, 15) is 0 Å². The van der Waals surface area contributed by atoms with Crippen molar-refractivity contribution in [3.05, 3.63) is 42.1 Å². The Morgan fingerprint density at radius 1 is 1.00 bits per heavy atom. The number of rotatable bonds is 4. The molecule has 1 aromatic carbocycles. The number of benzene rings is 1. The van der Waals surface area contributed by atoms with Gasteiger partial charge in [-0.1, -0.05) is 30.3 Å². The minimum atomic E-state index is 0.519. The fourth-order valence-electron chi connectivity index (χ4n) is 3.49. The van der Waals surface area contributed by atoms with Crippen LogP contribution < -0.4 is 5.32 Å². The average Bonchev–Trinajstić information content (AvgIpc) is 3.43. The van der Waals surface area contributed by atoms with Crippen LogP contribution in [0, 0.1) is 6.92 Å². The molecule has 0 spiro atoms. The highest BCUT2D eigenvalue weighted by molar-refractivity contribution is 5.68. The molecule has 4 nitrogen and oxygen atoms in total. The topological polar surface area (TPSA) is 41.1 Å². The Morgan fingerprint density at radius 3 is 2.43 bits per heavy atom. The fourth-order valence-corrected chi connectivity index (χ4v) is 3.49. The van der Waals surface area contributed by atoms with Crippen LogP contribution in [-0.4, -0.2) is 40.3 Å². The lowest BCUT2D eigenvalue weighted by molar-refractivity contribution is 0.210. The second-order valence-electron chi connectivity index (χ2n) is 6.78. The quantitative estimate of drug-likeness (QED) is 0.938. The molecule has 4 rings (SSSR count). The van der Waals surface area contributed by atoms with Crippen LogP contribution in [0.3, 0.4) is 0 Å². The van der Waals surface area contributed by atoms with Crippen molar-refractivity contribution in [1.82, 2.24) is 15.1 Å². The monoisotopic (exact) mass is 308 g/mol. The van der Waals surface area contributed by atoms with Gasteiger partial charge >= 0.3 is 0 Å². The summed E-state index contributed by atoms with van der Waals surface area (Å²) in [6, 6.07) is 14.0. The summed E-state index contributed by atoms with van der Waals surface area (Å²) in [5.74, 6) is 0.902. The minimum absolute atomic E-state index is 0.519. The summed E-state index contributed by atoms with van der Waals surface area (Å²) in [6.07, 6.45) is 5.21. The number of aryl methyl sites for hydroxylation is 1. The zero-order valence-electron chi connectivity index (χ0n) is 13.7. The van der Waals surface area contributed by atoms with Crippen LogP contribution in [-0.2, 0) is 0 Å². The summed E-state index contributed by atoms with van der Waals surface area (Å²) in [6.45, 7) is 4.45. The number of hydrogen-bond acceptors (Lipinski definition) is 4. The normalized spacial score (nSPS) is 19.7. The summed E-state index contributed by atoms with van der Waals surface area (Å²) < 4.78 is 0. The van der Waals surface area contributed by atoms with Crippen LogP contribution in [0.15, 0.2) is 36.4 Å². The minimum Gasteiger partial charge on any atom is -0.366 e. The van der Waals surface area contributed by atoms with Crippen molar-refractivity contribution >= 4 is 5.82 Å². The third-order valence-corrected chi connectivity index (χ3v) is 5.01. The number of nitrogens with zero attached hydrogens (tertiary/aromatic N) is 3. The van der Waals surface area contributed by atoms with Gasteiger partial charge in [-0.05, 0) is 44.2 Å². The molecule has 1 N–H and O–H groups in total. The third-order valence-electron chi connectivity index (χ3n) is 5.01. The van der Waals surface area contributed by atoms with Gasteiger partial charge in [0.25, 0.3) is 0 Å². The Hall–Kier alpha value is -1.94. The fraction of sp³-hybridized carbons (Fsp3) is 0.474. The van der Waals surface area contributed by atoms with Crippen LogP contribution in [0.1, 0.15) is 31.4 Å². The van der Waals surface area contributed by atoms with E-state index in [1.165, 1.54) is 49.9 Å². The van der Waals surface area contributed by atoms with E-state index in [1.807, 2.05) is 13.0 Å². The van der Waals surface area contributed by atoms with E-state index in [0.29, 0.717) is 6.04 Å². The summed E-state index contributed by atoms with van der Waals surface area (Å²) >= 11 is 0. The summed E-state index contributed by atoms with van der Waals surface area (Å²) in [4.78, 5) is 2.65. The lowest BCUT2D eigenvalue weighted by atomic mass is 10.0. The standard InChI is InChI=1S/C19H24N4/c1-14-18(15-5-3-2-4-6-15)13-19(22-21-14)20-16-9-11-23(12-10-16)17-7-8-17/h2-6,13,16-17H,7-12H2,1H3,(H,20,22). The van der Waals surface area contributed by atoms with Gasteiger partial charge in [0.2, 0.25) is 0 Å². The van der Waals surface area contributed by atoms with Gasteiger partial charge in [0, 0.05) is 30.7 Å². The molecule has 23 heavy (non-hydrogen) atoms. The molecule has 2 fully saturated rings. The molecule has 1 aliphatic carbocycles. The molecule has 1 saturated carbocycles. The van der Waals surface area contributed by atoms with Gasteiger partial charge in [0.1, 0.15) is 5.82 Å². The summed E-state index contributed by atoms with van der Waals surface area (Å²) in [5, 5.41) is 12.3. The van der Waals surface area contributed by atoms with Crippen molar-refractivity contribution in [3.8, 4) is 11.1 Å². The summed E-state index contributed by atoms with van der Waals surface area (Å²) in [5.41, 5.74) is 3.34. The van der Waals surface area contributed by atoms with Gasteiger partial charge in [-0.3, -0.25) is 0 Å². The first-order valence-electron chi connectivity index (χ1n) is 8.70. The Bertz CT molecular complexity index is 658. The molecule has 2 aliphatic rings. The van der Waals surface area contributed by atoms with E-state index in [-0.39, 0.29) is 0 Å². The maximum absolute atomic E-state index is 4.35. The highest BCUT2D eigenvalue weighted by Gasteiger charge is 2.31. The molecule has 2 heterocycles. The number of hydrogen-bond donors (Lipinski definition) is 1. The average molecular weight is 308 g/mol. The lowest BCUT2D eigenvalue weighted by Gasteiger charge is -2.32. The lowest BCUT2D eigenvalue weighted by Crippen LogP contribution is -2.40. The van der Waals surface area contributed by atoms with Gasteiger partial charge in [-0.15, -0.1) is 5.10 Å². The smallest absolute Gasteiger partial charge is 0.149 e. The molecule has 4 heteroatoms. The van der Waals surface area contributed by atoms with Crippen LogP contribution in [0.25, 0.3) is 11.1 Å². The van der Waals surface area contributed by atoms with E-state index in [2.05, 4.69) is 50.7 Å². The highest BCUT2D eigenvalue weighted by Crippen LogP contribution is 2.30. The number of piperidine rings is 1. The number of anilines is 1. The molecule has 1 aliphatic heterocycles. The molecule has 0 atom stereocenters. The van der Waals surface area contributed by atoms with E-state index < -0.39 is 0 Å². The largest absolute Gasteiger partial charge is 0.366 e. The molecule has 120 valence electrons. The molecule has 2 aromatic rings. The molecule has 0 bridgehead atoms. The summed E-state index contributed by atoms with van der Waals surface area (Å²) in [7, 11) is 0. The van der Waals surface area contributed by atoms with Crippen molar-refractivity contribution in [1.29, 1.82) is 0 Å². The second kappa shape index (κ2) is 6.28. The van der Waals surface area contributed by atoms with Crippen molar-refractivity contribution in [2.24, 2.45) is 0 Å². The van der Waals surface area contributed by atoms with Crippen molar-refractivity contribution < 1.29 is 0 Å². The van der Waals surface area contributed by atoms with E-state index in [4.69, 9.17) is 0 Å². The van der Waals surface area contributed by atoms with Gasteiger partial charge in [0.05, 0.1) is 5.69 Å². The first-order valence-corrected chi connectivity index (χ1v) is 8.70. The van der Waals surface area contributed by atoms with Crippen molar-refractivity contribution in [2.75, 3.05) is 18.4 Å². The molecule has 0 amide bonds. The van der Waals surface area contributed by atoms with Crippen LogP contribution in [0.2, 0.25) is 0 Å². The molecule has 0 radical (unpaired) electrons. The first-order chi connectivity index (χ1) is 11.3. The third kappa shape index (κ3) is 3.37. The second-order valence-corrected chi connectivity index (χ2v) is 6.78. The Morgan fingerprint density at radius 2 is 1.74 bits per heavy atom. The van der Waals surface area contributed by atoms with E-state index in [0.717, 1.165) is 17.6 Å². The van der Waals surface area contributed by atoms with Gasteiger partial charge in [-0.2, -0.15) is 5.10 Å². The maximum Gasteiger partial charge on any atom is 0.149 e. The van der Waals surface area contributed by atoms with E-state index >= 15 is 0 Å². The number of likely N-dealkylation sites (tertiary alicyclic amines) is 1. The predicted molar refractivity (Wildman–Crippen MR) is 93.4 cm³/mol. The van der Waals surface area contributed by atoms with Crippen LogP contribution in [0.4, 0.5) is 5.82 Å². The van der Waals surface area contributed by atoms with Crippen molar-refractivity contribution in [2.45, 2.75) is 44.7 Å². The van der Waals surface area contributed by atoms with Gasteiger partial charge in [0.15, 0.2) is 0 Å². The molecule has 1 aromatic heterocycles. The van der Waals surface area contributed by atoms with E-state index in [1.54, 1.807) is 0 Å². The van der Waals surface area contributed by atoms with Crippen LogP contribution in [0.5, 0.6) is 0 Å². The Kier molecular flexibility index (Phi) is 4.00. The molecule has 0 unspecified atom stereocenters. The molecular formula is C19H24N4. The van der Waals surface area contributed by atoms with Crippen LogP contribution >= 0.6 is 0 Å². The predicted octanol–water partition coefficient (Wildman–Crippen LogP) is 3.49. The Balaban J connectivity index is 1.45. The first kappa shape index (κ1) is 14.6. The van der Waals surface area contributed by atoms with Gasteiger partial charge in [-0.25, -0.2) is 0 Å². The number of nitrogens with one attached hydrogen (secondary N) is 1. The zero-order chi connectivity index (χ0) is 15.6. The number of aromatic nitrogens is 2. The highest BCUT2D eigenvalue weighted by atomic mass is 15.2. The zero-order valence-corrected chi connectivity index (χ0v) is 13.7. The molecular weight excluding hydrogens is 284 g/mol.